The topological polar surface area (TPSA) is 89.4 Å². The van der Waals surface area contributed by atoms with Crippen LogP contribution in [0.2, 0.25) is 0 Å². The molecule has 0 spiro atoms. The number of nitrogens with zero attached hydrogens (tertiary/aromatic N) is 1. The van der Waals surface area contributed by atoms with Crippen molar-refractivity contribution in [2.24, 2.45) is 10.6 Å². The van der Waals surface area contributed by atoms with E-state index in [9.17, 15) is 8.42 Å². The third-order valence-corrected chi connectivity index (χ3v) is 4.78. The van der Waals surface area contributed by atoms with E-state index in [4.69, 9.17) is 10.9 Å². The number of sulfonamides is 1. The molecule has 1 aromatic rings. The molecule has 0 bridgehead atoms. The first-order chi connectivity index (χ1) is 8.71. The molecule has 1 heterocycles. The quantitative estimate of drug-likeness (QED) is 0.806. The lowest BCUT2D eigenvalue weighted by atomic mass is 9.82. The minimum Gasteiger partial charge on any atom is -0.396 e. The van der Waals surface area contributed by atoms with Crippen LogP contribution in [0.3, 0.4) is 0 Å². The molecule has 1 aliphatic heterocycles. The van der Waals surface area contributed by atoms with Gasteiger partial charge in [0.25, 0.3) is 0 Å². The Morgan fingerprint density at radius 1 is 1.21 bits per heavy atom. The van der Waals surface area contributed by atoms with Crippen LogP contribution in [0.1, 0.15) is 26.7 Å². The Morgan fingerprint density at radius 3 is 2.32 bits per heavy atom. The van der Waals surface area contributed by atoms with Crippen LogP contribution in [0.25, 0.3) is 0 Å². The minimum absolute atomic E-state index is 0.00911. The fourth-order valence-electron chi connectivity index (χ4n) is 2.41. The Labute approximate surface area is 114 Å². The zero-order valence-electron chi connectivity index (χ0n) is 11.4. The molecular formula is C13H21N3O2S. The second kappa shape index (κ2) is 4.68. The molecule has 0 saturated carbocycles. The SMILES string of the molecule is CC1(C)CCN(c2cccc(S(N)(=O)=O)c2N)CC1. The highest BCUT2D eigenvalue weighted by atomic mass is 32.2. The summed E-state index contributed by atoms with van der Waals surface area (Å²) in [4.78, 5) is 2.14. The fraction of sp³-hybridized carbons (Fsp3) is 0.538. The molecule has 1 aromatic carbocycles. The summed E-state index contributed by atoms with van der Waals surface area (Å²) >= 11 is 0. The van der Waals surface area contributed by atoms with Crippen molar-refractivity contribution in [2.45, 2.75) is 31.6 Å². The average molecular weight is 283 g/mol. The summed E-state index contributed by atoms with van der Waals surface area (Å²) in [7, 11) is -3.77. The molecule has 1 saturated heterocycles. The van der Waals surface area contributed by atoms with Crippen molar-refractivity contribution in [1.82, 2.24) is 0 Å². The van der Waals surface area contributed by atoms with Gasteiger partial charge in [-0.1, -0.05) is 19.9 Å². The van der Waals surface area contributed by atoms with E-state index in [2.05, 4.69) is 18.7 Å². The van der Waals surface area contributed by atoms with Gasteiger partial charge in [-0.25, -0.2) is 13.6 Å². The Hall–Kier alpha value is -1.27. The number of piperidine rings is 1. The van der Waals surface area contributed by atoms with Crippen LogP contribution in [0.5, 0.6) is 0 Å². The predicted molar refractivity (Wildman–Crippen MR) is 77.5 cm³/mol. The van der Waals surface area contributed by atoms with Gasteiger partial charge in [0.2, 0.25) is 10.0 Å². The van der Waals surface area contributed by atoms with E-state index in [1.807, 2.05) is 6.07 Å². The lowest BCUT2D eigenvalue weighted by Gasteiger charge is -2.38. The zero-order chi connectivity index (χ0) is 14.3. The third kappa shape index (κ3) is 3.01. The molecule has 19 heavy (non-hydrogen) atoms. The van der Waals surface area contributed by atoms with Gasteiger partial charge in [0.1, 0.15) is 4.90 Å². The Morgan fingerprint density at radius 2 is 1.79 bits per heavy atom. The normalized spacial score (nSPS) is 19.4. The summed E-state index contributed by atoms with van der Waals surface area (Å²) in [6.07, 6.45) is 2.12. The molecule has 0 amide bonds. The maximum Gasteiger partial charge on any atom is 0.240 e. The first kappa shape index (κ1) is 14.1. The highest BCUT2D eigenvalue weighted by molar-refractivity contribution is 7.89. The number of rotatable bonds is 2. The fourth-order valence-corrected chi connectivity index (χ4v) is 3.09. The maximum absolute atomic E-state index is 11.5. The zero-order valence-corrected chi connectivity index (χ0v) is 12.2. The summed E-state index contributed by atoms with van der Waals surface area (Å²) in [5, 5.41) is 5.17. The molecule has 6 heteroatoms. The van der Waals surface area contributed by atoms with Crippen LogP contribution in [-0.4, -0.2) is 21.5 Å². The molecular weight excluding hydrogens is 262 g/mol. The van der Waals surface area contributed by atoms with Gasteiger partial charge in [0.05, 0.1) is 11.4 Å². The molecule has 1 aliphatic rings. The van der Waals surface area contributed by atoms with Gasteiger partial charge in [-0.15, -0.1) is 0 Å². The van der Waals surface area contributed by atoms with Crippen LogP contribution in [0.4, 0.5) is 11.4 Å². The average Bonchev–Trinajstić information content (AvgIpc) is 2.28. The minimum atomic E-state index is -3.77. The van der Waals surface area contributed by atoms with Crippen molar-refractivity contribution in [3.05, 3.63) is 18.2 Å². The largest absolute Gasteiger partial charge is 0.396 e. The Bertz CT molecular complexity index is 572. The number of hydrogen-bond donors (Lipinski definition) is 2. The van der Waals surface area contributed by atoms with E-state index in [-0.39, 0.29) is 10.6 Å². The molecule has 106 valence electrons. The van der Waals surface area contributed by atoms with Crippen LogP contribution >= 0.6 is 0 Å². The van der Waals surface area contributed by atoms with Crippen molar-refractivity contribution < 1.29 is 8.42 Å². The van der Waals surface area contributed by atoms with E-state index < -0.39 is 10.0 Å². The number of anilines is 2. The van der Waals surface area contributed by atoms with Crippen molar-refractivity contribution in [2.75, 3.05) is 23.7 Å². The monoisotopic (exact) mass is 283 g/mol. The summed E-state index contributed by atoms with van der Waals surface area (Å²) < 4.78 is 22.9. The summed E-state index contributed by atoms with van der Waals surface area (Å²) in [6, 6.07) is 4.98. The van der Waals surface area contributed by atoms with Gasteiger partial charge in [-0.3, -0.25) is 0 Å². The molecule has 0 atom stereocenters. The first-order valence-electron chi connectivity index (χ1n) is 6.37. The first-order valence-corrected chi connectivity index (χ1v) is 7.92. The van der Waals surface area contributed by atoms with Gasteiger partial charge in [-0.2, -0.15) is 0 Å². The molecule has 2 rings (SSSR count). The Balaban J connectivity index is 2.32. The van der Waals surface area contributed by atoms with E-state index in [0.717, 1.165) is 31.6 Å². The number of benzene rings is 1. The highest BCUT2D eigenvalue weighted by Gasteiger charge is 2.27. The van der Waals surface area contributed by atoms with Crippen LogP contribution in [0.15, 0.2) is 23.1 Å². The second-order valence-electron chi connectivity index (χ2n) is 5.89. The number of primary sulfonamides is 1. The molecule has 0 radical (unpaired) electrons. The molecule has 5 nitrogen and oxygen atoms in total. The number of nitrogens with two attached hydrogens (primary N) is 2. The lowest BCUT2D eigenvalue weighted by Crippen LogP contribution is -2.37. The summed E-state index contributed by atoms with van der Waals surface area (Å²) in [6.45, 7) is 6.25. The number of nitrogen functional groups attached to an aromatic ring is 1. The maximum atomic E-state index is 11.5. The highest BCUT2D eigenvalue weighted by Crippen LogP contribution is 2.35. The molecule has 0 unspecified atom stereocenters. The van der Waals surface area contributed by atoms with Crippen molar-refractivity contribution in [3.8, 4) is 0 Å². The van der Waals surface area contributed by atoms with Crippen molar-refractivity contribution in [3.63, 3.8) is 0 Å². The molecule has 4 N–H and O–H groups in total. The standard InChI is InChI=1S/C13H21N3O2S/c1-13(2)6-8-16(9-7-13)10-4-3-5-11(12(10)14)19(15,17)18/h3-5H,6-9,14H2,1-2H3,(H2,15,17,18). The van der Waals surface area contributed by atoms with E-state index >= 15 is 0 Å². The summed E-state index contributed by atoms with van der Waals surface area (Å²) in [5.41, 5.74) is 7.32. The van der Waals surface area contributed by atoms with Gasteiger partial charge in [0, 0.05) is 13.1 Å². The number of para-hydroxylation sites is 1. The third-order valence-electron chi connectivity index (χ3n) is 3.81. The van der Waals surface area contributed by atoms with E-state index in [1.165, 1.54) is 6.07 Å². The van der Waals surface area contributed by atoms with Gasteiger partial charge >= 0.3 is 0 Å². The molecule has 0 aliphatic carbocycles. The van der Waals surface area contributed by atoms with Gasteiger partial charge < -0.3 is 10.6 Å². The summed E-state index contributed by atoms with van der Waals surface area (Å²) in [5.74, 6) is 0. The second-order valence-corrected chi connectivity index (χ2v) is 7.42. The van der Waals surface area contributed by atoms with Crippen LogP contribution in [-0.2, 0) is 10.0 Å². The molecule has 1 fully saturated rings. The van der Waals surface area contributed by atoms with Crippen molar-refractivity contribution >= 4 is 21.4 Å². The predicted octanol–water partition coefficient (Wildman–Crippen LogP) is 1.54. The van der Waals surface area contributed by atoms with Crippen LogP contribution in [0, 0.1) is 5.41 Å². The number of hydrogen-bond acceptors (Lipinski definition) is 4. The van der Waals surface area contributed by atoms with Gasteiger partial charge in [-0.05, 0) is 30.4 Å². The van der Waals surface area contributed by atoms with E-state index in [0.29, 0.717) is 5.41 Å². The van der Waals surface area contributed by atoms with Gasteiger partial charge in [0.15, 0.2) is 0 Å². The smallest absolute Gasteiger partial charge is 0.240 e. The Kier molecular flexibility index (Phi) is 3.49. The van der Waals surface area contributed by atoms with Crippen LogP contribution < -0.4 is 15.8 Å². The van der Waals surface area contributed by atoms with Crippen molar-refractivity contribution in [1.29, 1.82) is 0 Å². The molecule has 0 aromatic heterocycles. The lowest BCUT2D eigenvalue weighted by molar-refractivity contribution is 0.280. The van der Waals surface area contributed by atoms with E-state index in [1.54, 1.807) is 6.07 Å².